The second-order valence-corrected chi connectivity index (χ2v) is 9.73. The molecule has 2 aliphatic heterocycles. The molecule has 2 heterocycles. The first-order chi connectivity index (χ1) is 15.5. The largest absolute Gasteiger partial charge is 0.481 e. The van der Waals surface area contributed by atoms with Crippen molar-refractivity contribution in [2.45, 2.75) is 25.3 Å². The number of piperidine rings is 1. The van der Waals surface area contributed by atoms with Gasteiger partial charge < -0.3 is 10.0 Å². The van der Waals surface area contributed by atoms with E-state index >= 15 is 0 Å². The van der Waals surface area contributed by atoms with Gasteiger partial charge in [0.15, 0.2) is 0 Å². The maximum Gasteiger partial charge on any atom is 0.306 e. The number of anilines is 1. The highest BCUT2D eigenvalue weighted by Crippen LogP contribution is 2.41. The zero-order chi connectivity index (χ0) is 22.2. The van der Waals surface area contributed by atoms with Crippen LogP contribution in [0.1, 0.15) is 29.9 Å². The van der Waals surface area contributed by atoms with E-state index < -0.39 is 5.97 Å². The summed E-state index contributed by atoms with van der Waals surface area (Å²) in [6.07, 6.45) is 1.46. The molecule has 5 rings (SSSR count). The molecule has 6 heteroatoms. The van der Waals surface area contributed by atoms with Gasteiger partial charge in [0, 0.05) is 25.6 Å². The maximum absolute atomic E-state index is 11.2. The van der Waals surface area contributed by atoms with E-state index in [0.29, 0.717) is 16.0 Å². The van der Waals surface area contributed by atoms with Crippen molar-refractivity contribution in [1.82, 2.24) is 4.90 Å². The standard InChI is InChI=1S/C26H26Cl2N2O2/c27-23-6-3-7-24(28)25(23)30-15-19(16-30)21-9-8-18(20-4-1-2-5-22(20)21)14-29-12-10-17(11-13-29)26(31)32/h1-9,17,19H,10-16H2,(H,31,32). The molecule has 1 N–H and O–H groups in total. The molecule has 166 valence electrons. The number of carboxylic acid groups (broad SMARTS) is 1. The molecule has 0 unspecified atom stereocenters. The molecule has 2 aliphatic rings. The lowest BCUT2D eigenvalue weighted by Crippen LogP contribution is -2.45. The van der Waals surface area contributed by atoms with Crippen molar-refractivity contribution in [2.24, 2.45) is 5.92 Å². The van der Waals surface area contributed by atoms with Crippen LogP contribution in [0, 0.1) is 5.92 Å². The molecule has 2 fully saturated rings. The summed E-state index contributed by atoms with van der Waals surface area (Å²) in [7, 11) is 0. The molecule has 32 heavy (non-hydrogen) atoms. The Morgan fingerprint density at radius 2 is 1.56 bits per heavy atom. The molecule has 0 amide bonds. The molecular weight excluding hydrogens is 443 g/mol. The Bertz CT molecular complexity index is 1130. The predicted molar refractivity (Wildman–Crippen MR) is 131 cm³/mol. The van der Waals surface area contributed by atoms with Crippen LogP contribution in [0.4, 0.5) is 5.69 Å². The minimum atomic E-state index is -0.660. The number of rotatable bonds is 5. The number of aliphatic carboxylic acids is 1. The monoisotopic (exact) mass is 468 g/mol. The van der Waals surface area contributed by atoms with Crippen LogP contribution in [0.15, 0.2) is 54.6 Å². The van der Waals surface area contributed by atoms with Crippen LogP contribution in [-0.4, -0.2) is 42.2 Å². The van der Waals surface area contributed by atoms with Crippen LogP contribution < -0.4 is 4.90 Å². The Morgan fingerprint density at radius 1 is 0.906 bits per heavy atom. The lowest BCUT2D eigenvalue weighted by atomic mass is 9.86. The highest BCUT2D eigenvalue weighted by molar-refractivity contribution is 6.39. The van der Waals surface area contributed by atoms with Gasteiger partial charge in [-0.05, 0) is 60.0 Å². The van der Waals surface area contributed by atoms with Gasteiger partial charge in [-0.25, -0.2) is 0 Å². The lowest BCUT2D eigenvalue weighted by molar-refractivity contribution is -0.143. The number of hydrogen-bond acceptors (Lipinski definition) is 3. The number of carbonyl (C=O) groups is 1. The summed E-state index contributed by atoms with van der Waals surface area (Å²) in [5.74, 6) is -0.418. The molecule has 0 spiro atoms. The van der Waals surface area contributed by atoms with Crippen molar-refractivity contribution in [3.05, 3.63) is 75.8 Å². The zero-order valence-electron chi connectivity index (χ0n) is 17.8. The smallest absolute Gasteiger partial charge is 0.306 e. The van der Waals surface area contributed by atoms with Crippen LogP contribution in [0.5, 0.6) is 0 Å². The van der Waals surface area contributed by atoms with Crippen molar-refractivity contribution in [1.29, 1.82) is 0 Å². The summed E-state index contributed by atoms with van der Waals surface area (Å²) in [6, 6.07) is 18.8. The molecule has 4 nitrogen and oxygen atoms in total. The minimum Gasteiger partial charge on any atom is -0.481 e. The SMILES string of the molecule is O=C(O)C1CCN(Cc2ccc(C3CN(c4c(Cl)cccc4Cl)C3)c3ccccc23)CC1. The minimum absolute atomic E-state index is 0.196. The summed E-state index contributed by atoms with van der Waals surface area (Å²) >= 11 is 12.8. The Hall–Kier alpha value is -2.27. The highest BCUT2D eigenvalue weighted by Gasteiger charge is 2.32. The third kappa shape index (κ3) is 4.07. The first kappa shape index (κ1) is 21.6. The van der Waals surface area contributed by atoms with Gasteiger partial charge in [0.1, 0.15) is 0 Å². The van der Waals surface area contributed by atoms with Crippen LogP contribution >= 0.6 is 23.2 Å². The van der Waals surface area contributed by atoms with Crippen LogP contribution in [0.25, 0.3) is 10.8 Å². The van der Waals surface area contributed by atoms with E-state index in [2.05, 4.69) is 46.2 Å². The first-order valence-corrected chi connectivity index (χ1v) is 11.9. The van der Waals surface area contributed by atoms with Crippen LogP contribution in [-0.2, 0) is 11.3 Å². The molecule has 0 aromatic heterocycles. The van der Waals surface area contributed by atoms with E-state index in [4.69, 9.17) is 23.2 Å². The van der Waals surface area contributed by atoms with Crippen molar-refractivity contribution in [3.8, 4) is 0 Å². The van der Waals surface area contributed by atoms with Gasteiger partial charge >= 0.3 is 5.97 Å². The molecular formula is C26H26Cl2N2O2. The predicted octanol–water partition coefficient (Wildman–Crippen LogP) is 6.05. The number of nitrogens with zero attached hydrogens (tertiary/aromatic N) is 2. The van der Waals surface area contributed by atoms with Crippen molar-refractivity contribution >= 4 is 45.6 Å². The zero-order valence-corrected chi connectivity index (χ0v) is 19.3. The summed E-state index contributed by atoms with van der Waals surface area (Å²) < 4.78 is 0. The number of hydrogen-bond donors (Lipinski definition) is 1. The van der Waals surface area contributed by atoms with E-state index in [1.807, 2.05) is 18.2 Å². The molecule has 0 radical (unpaired) electrons. The first-order valence-electron chi connectivity index (χ1n) is 11.2. The highest BCUT2D eigenvalue weighted by atomic mass is 35.5. The van der Waals surface area contributed by atoms with Gasteiger partial charge in [0.25, 0.3) is 0 Å². The number of likely N-dealkylation sites (tertiary alicyclic amines) is 1. The molecule has 0 atom stereocenters. The van der Waals surface area contributed by atoms with Crippen LogP contribution in [0.2, 0.25) is 10.0 Å². The Morgan fingerprint density at radius 3 is 2.22 bits per heavy atom. The number of carboxylic acids is 1. The normalized spacial score (nSPS) is 18.1. The fraction of sp³-hybridized carbons (Fsp3) is 0.346. The maximum atomic E-state index is 11.2. The molecule has 3 aromatic carbocycles. The molecule has 0 bridgehead atoms. The molecule has 0 aliphatic carbocycles. The van der Waals surface area contributed by atoms with Crippen molar-refractivity contribution in [3.63, 3.8) is 0 Å². The third-order valence-electron chi connectivity index (χ3n) is 6.95. The average Bonchev–Trinajstić information content (AvgIpc) is 2.76. The molecule has 2 saturated heterocycles. The van der Waals surface area contributed by atoms with Gasteiger partial charge in [-0.1, -0.05) is 65.7 Å². The summed E-state index contributed by atoms with van der Waals surface area (Å²) in [6.45, 7) is 4.33. The molecule has 3 aromatic rings. The molecule has 0 saturated carbocycles. The van der Waals surface area contributed by atoms with Gasteiger partial charge in [0.2, 0.25) is 0 Å². The van der Waals surface area contributed by atoms with Gasteiger partial charge in [0.05, 0.1) is 21.7 Å². The Balaban J connectivity index is 1.34. The Kier molecular flexibility index (Phi) is 6.02. The van der Waals surface area contributed by atoms with E-state index in [1.54, 1.807) is 0 Å². The van der Waals surface area contributed by atoms with E-state index in [9.17, 15) is 9.90 Å². The number of para-hydroxylation sites is 1. The van der Waals surface area contributed by atoms with E-state index in [-0.39, 0.29) is 5.92 Å². The Labute approximate surface area is 198 Å². The van der Waals surface area contributed by atoms with Crippen LogP contribution in [0.3, 0.4) is 0 Å². The van der Waals surface area contributed by atoms with Gasteiger partial charge in [-0.2, -0.15) is 0 Å². The topological polar surface area (TPSA) is 43.8 Å². The second-order valence-electron chi connectivity index (χ2n) is 8.92. The van der Waals surface area contributed by atoms with Crippen molar-refractivity contribution in [2.75, 3.05) is 31.1 Å². The summed E-state index contributed by atoms with van der Waals surface area (Å²) in [4.78, 5) is 15.9. The summed E-state index contributed by atoms with van der Waals surface area (Å²) in [5.41, 5.74) is 3.61. The average molecular weight is 469 g/mol. The van der Waals surface area contributed by atoms with E-state index in [1.165, 1.54) is 21.9 Å². The lowest BCUT2D eigenvalue weighted by Gasteiger charge is -2.42. The van der Waals surface area contributed by atoms with Gasteiger partial charge in [-0.3, -0.25) is 9.69 Å². The quantitative estimate of drug-likeness (QED) is 0.494. The summed E-state index contributed by atoms with van der Waals surface area (Å²) in [5, 5.41) is 13.2. The fourth-order valence-corrected chi connectivity index (χ4v) is 5.74. The van der Waals surface area contributed by atoms with Gasteiger partial charge in [-0.15, -0.1) is 0 Å². The number of fused-ring (bicyclic) bond motifs is 1. The third-order valence-corrected chi connectivity index (χ3v) is 7.56. The van der Waals surface area contributed by atoms with E-state index in [0.717, 1.165) is 51.3 Å². The van der Waals surface area contributed by atoms with Crippen molar-refractivity contribution < 1.29 is 9.90 Å². The second kappa shape index (κ2) is 8.93. The number of benzene rings is 3. The number of halogens is 2. The fourth-order valence-electron chi connectivity index (χ4n) is 5.11.